The number of aromatic nitrogens is 6. The number of aryl methyl sites for hydroxylation is 1. The van der Waals surface area contributed by atoms with Gasteiger partial charge in [-0.3, -0.25) is 9.20 Å². The molecule has 41 heavy (non-hydrogen) atoms. The van der Waals surface area contributed by atoms with Crippen LogP contribution in [0.15, 0.2) is 59.1 Å². The van der Waals surface area contributed by atoms with Gasteiger partial charge in [-0.25, -0.2) is 24.0 Å². The first-order chi connectivity index (χ1) is 19.6. The summed E-state index contributed by atoms with van der Waals surface area (Å²) in [6.07, 6.45) is 2.62. The third kappa shape index (κ3) is 4.65. The van der Waals surface area contributed by atoms with E-state index in [1.165, 1.54) is 29.9 Å². The third-order valence-corrected chi connectivity index (χ3v) is 8.21. The van der Waals surface area contributed by atoms with Crippen LogP contribution in [0.3, 0.4) is 0 Å². The van der Waals surface area contributed by atoms with Gasteiger partial charge in [0.2, 0.25) is 0 Å². The van der Waals surface area contributed by atoms with E-state index in [2.05, 4.69) is 24.2 Å². The number of thiazole rings is 1. The number of hydrogen-bond acceptors (Lipinski definition) is 8. The Morgan fingerprint density at radius 1 is 1.10 bits per heavy atom. The zero-order chi connectivity index (χ0) is 29.0. The Balaban J connectivity index is 1.59. The summed E-state index contributed by atoms with van der Waals surface area (Å²) >= 11 is 1.50. The fraction of sp³-hybridized carbons (Fsp3) is 0.207. The van der Waals surface area contributed by atoms with Gasteiger partial charge in [-0.05, 0) is 62.3 Å². The summed E-state index contributed by atoms with van der Waals surface area (Å²) in [5.74, 6) is -0.508. The standard InChI is InChI=1S/C29H27FN7O2PS/c1-14(2)39-28-21(30)9-18(11-32-28)25-24-26(31)33-13-34-27(24)37(35-25)16(4)20-10-22-36(15(3)12-41-22)29(38)23(20)17-6-5-7-19(40)8-17/h5-14,16H,40H2,1-4H3,(H2,31,33,34)/t16-/m0/s1. The maximum atomic E-state index is 15.0. The number of nitrogens with two attached hydrogens (primary N) is 1. The van der Waals surface area contributed by atoms with Crippen LogP contribution >= 0.6 is 20.6 Å². The van der Waals surface area contributed by atoms with Gasteiger partial charge in [0.05, 0.1) is 23.1 Å². The molecule has 0 saturated carbocycles. The predicted octanol–water partition coefficient (Wildman–Crippen LogP) is 5.16. The van der Waals surface area contributed by atoms with Gasteiger partial charge in [0.1, 0.15) is 22.7 Å². The molecule has 0 bridgehead atoms. The van der Waals surface area contributed by atoms with Crippen LogP contribution in [0.4, 0.5) is 10.2 Å². The van der Waals surface area contributed by atoms with Crippen molar-refractivity contribution in [2.45, 2.75) is 39.8 Å². The van der Waals surface area contributed by atoms with Crippen molar-refractivity contribution in [1.82, 2.24) is 29.1 Å². The molecule has 9 nitrogen and oxygen atoms in total. The van der Waals surface area contributed by atoms with E-state index < -0.39 is 11.9 Å². The molecule has 1 unspecified atom stereocenters. The molecule has 6 aromatic rings. The van der Waals surface area contributed by atoms with E-state index in [1.54, 1.807) is 22.9 Å². The molecular weight excluding hydrogens is 560 g/mol. The summed E-state index contributed by atoms with van der Waals surface area (Å²) in [7, 11) is 2.68. The van der Waals surface area contributed by atoms with E-state index >= 15 is 0 Å². The molecule has 5 aromatic heterocycles. The van der Waals surface area contributed by atoms with Crippen LogP contribution in [0.2, 0.25) is 0 Å². The largest absolute Gasteiger partial charge is 0.473 e. The maximum absolute atomic E-state index is 15.0. The van der Waals surface area contributed by atoms with Crippen LogP contribution in [-0.2, 0) is 0 Å². The fourth-order valence-electron chi connectivity index (χ4n) is 5.00. The Morgan fingerprint density at radius 3 is 2.63 bits per heavy atom. The number of rotatable bonds is 6. The van der Waals surface area contributed by atoms with Crippen LogP contribution in [0.25, 0.3) is 38.2 Å². The molecule has 0 amide bonds. The number of ether oxygens (including phenoxy) is 1. The van der Waals surface area contributed by atoms with Crippen molar-refractivity contribution in [3.05, 3.63) is 81.7 Å². The van der Waals surface area contributed by atoms with Crippen LogP contribution in [0, 0.1) is 12.7 Å². The van der Waals surface area contributed by atoms with E-state index in [-0.39, 0.29) is 23.4 Å². The van der Waals surface area contributed by atoms with Crippen molar-refractivity contribution in [2.24, 2.45) is 0 Å². The quantitative estimate of drug-likeness (QED) is 0.268. The molecule has 0 radical (unpaired) electrons. The Labute approximate surface area is 241 Å². The normalized spacial score (nSPS) is 12.5. The van der Waals surface area contributed by atoms with Crippen LogP contribution < -0.4 is 21.3 Å². The van der Waals surface area contributed by atoms with Gasteiger partial charge in [0.15, 0.2) is 11.5 Å². The van der Waals surface area contributed by atoms with E-state index in [4.69, 9.17) is 15.6 Å². The highest BCUT2D eigenvalue weighted by molar-refractivity contribution is 7.27. The average molecular weight is 588 g/mol. The molecular formula is C29H27FN7O2PS. The van der Waals surface area contributed by atoms with Crippen molar-refractivity contribution in [2.75, 3.05) is 5.73 Å². The van der Waals surface area contributed by atoms with E-state index in [1.807, 2.05) is 49.6 Å². The lowest BCUT2D eigenvalue weighted by molar-refractivity contribution is 0.221. The van der Waals surface area contributed by atoms with Crippen molar-refractivity contribution < 1.29 is 9.13 Å². The summed E-state index contributed by atoms with van der Waals surface area (Å²) < 4.78 is 23.9. The van der Waals surface area contributed by atoms with Crippen LogP contribution in [0.1, 0.15) is 38.1 Å². The monoisotopic (exact) mass is 587 g/mol. The lowest BCUT2D eigenvalue weighted by Crippen LogP contribution is -2.21. The first-order valence-electron chi connectivity index (χ1n) is 12.9. The molecule has 6 rings (SSSR count). The molecule has 0 saturated heterocycles. The first-order valence-corrected chi connectivity index (χ1v) is 14.4. The number of halogens is 1. The van der Waals surface area contributed by atoms with Gasteiger partial charge in [0.25, 0.3) is 11.4 Å². The number of fused-ring (bicyclic) bond motifs is 2. The van der Waals surface area contributed by atoms with Gasteiger partial charge >= 0.3 is 0 Å². The summed E-state index contributed by atoms with van der Waals surface area (Å²) in [6.45, 7) is 7.47. The molecule has 2 N–H and O–H groups in total. The second kappa shape index (κ2) is 10.3. The van der Waals surface area contributed by atoms with E-state index in [0.717, 1.165) is 27.0 Å². The first kappa shape index (κ1) is 27.0. The highest BCUT2D eigenvalue weighted by Crippen LogP contribution is 2.36. The van der Waals surface area contributed by atoms with Gasteiger partial charge in [-0.1, -0.05) is 18.2 Å². The Bertz CT molecular complexity index is 2020. The number of nitrogen functional groups attached to an aromatic ring is 1. The van der Waals surface area contributed by atoms with Crippen molar-refractivity contribution >= 4 is 47.6 Å². The zero-order valence-electron chi connectivity index (χ0n) is 22.8. The Kier molecular flexibility index (Phi) is 6.79. The minimum atomic E-state index is -0.617. The van der Waals surface area contributed by atoms with Crippen molar-refractivity contribution in [3.63, 3.8) is 0 Å². The second-order valence-electron chi connectivity index (χ2n) is 10.1. The number of benzene rings is 1. The third-order valence-electron chi connectivity index (χ3n) is 6.85. The number of hydrogen-bond donors (Lipinski definition) is 1. The molecule has 0 aliphatic heterocycles. The lowest BCUT2D eigenvalue weighted by Gasteiger charge is -2.18. The average Bonchev–Trinajstić information content (AvgIpc) is 3.51. The van der Waals surface area contributed by atoms with Crippen molar-refractivity contribution in [1.29, 1.82) is 0 Å². The molecule has 5 heterocycles. The minimum absolute atomic E-state index is 0.0916. The van der Waals surface area contributed by atoms with Gasteiger partial charge < -0.3 is 10.5 Å². The van der Waals surface area contributed by atoms with Crippen LogP contribution in [0.5, 0.6) is 5.88 Å². The molecule has 12 heteroatoms. The lowest BCUT2D eigenvalue weighted by atomic mass is 9.97. The van der Waals surface area contributed by atoms with E-state index in [0.29, 0.717) is 27.9 Å². The summed E-state index contributed by atoms with van der Waals surface area (Å²) in [5, 5.41) is 8.26. The number of anilines is 1. The zero-order valence-corrected chi connectivity index (χ0v) is 24.8. The molecule has 0 spiro atoms. The van der Waals surface area contributed by atoms with Crippen molar-refractivity contribution in [3.8, 4) is 28.3 Å². The smallest absolute Gasteiger partial charge is 0.264 e. The molecule has 1 aromatic carbocycles. The van der Waals surface area contributed by atoms with E-state index in [9.17, 15) is 9.18 Å². The molecule has 0 aliphatic rings. The predicted molar refractivity (Wildman–Crippen MR) is 164 cm³/mol. The molecule has 0 aliphatic carbocycles. The minimum Gasteiger partial charge on any atom is -0.473 e. The van der Waals surface area contributed by atoms with Gasteiger partial charge in [0, 0.05) is 22.8 Å². The highest BCUT2D eigenvalue weighted by Gasteiger charge is 2.26. The summed E-state index contributed by atoms with van der Waals surface area (Å²) in [5.41, 5.74) is 10.4. The number of pyridine rings is 2. The highest BCUT2D eigenvalue weighted by atomic mass is 32.1. The van der Waals surface area contributed by atoms with Gasteiger partial charge in [-0.15, -0.1) is 20.6 Å². The summed E-state index contributed by atoms with van der Waals surface area (Å²) in [6, 6.07) is 10.7. The number of nitrogens with zero attached hydrogens (tertiary/aromatic N) is 6. The maximum Gasteiger partial charge on any atom is 0.264 e. The molecule has 2 atom stereocenters. The molecule has 208 valence electrons. The molecule has 0 fully saturated rings. The Morgan fingerprint density at radius 2 is 1.90 bits per heavy atom. The van der Waals surface area contributed by atoms with Gasteiger partial charge in [-0.2, -0.15) is 5.10 Å². The topological polar surface area (TPSA) is 113 Å². The summed E-state index contributed by atoms with van der Waals surface area (Å²) in [4.78, 5) is 27.7. The Hall–Kier alpha value is -4.21. The van der Waals surface area contributed by atoms with Crippen LogP contribution in [-0.4, -0.2) is 35.2 Å². The second-order valence-corrected chi connectivity index (χ2v) is 11.6. The fourth-order valence-corrected chi connectivity index (χ4v) is 6.22. The SMILES string of the molecule is Cc1csc2cc([C@H](C)n3nc(-c4cnc(OC(C)C)c(F)c4)c4c(N)ncnc43)c(-c3cccc(P)c3)c(=O)n12.